The van der Waals surface area contributed by atoms with E-state index in [0.29, 0.717) is 23.6 Å². The van der Waals surface area contributed by atoms with Crippen LogP contribution in [-0.4, -0.2) is 0 Å². The van der Waals surface area contributed by atoms with Crippen LogP contribution in [0.3, 0.4) is 0 Å². The van der Waals surface area contributed by atoms with Gasteiger partial charge in [0.25, 0.3) is 0 Å². The maximum absolute atomic E-state index is 8.70. The van der Waals surface area contributed by atoms with Gasteiger partial charge in [0.05, 0.1) is 16.1 Å². The van der Waals surface area contributed by atoms with Crippen LogP contribution in [0.5, 0.6) is 5.75 Å². The highest BCUT2D eigenvalue weighted by molar-refractivity contribution is 9.10. The van der Waals surface area contributed by atoms with E-state index in [4.69, 9.17) is 15.7 Å². The van der Waals surface area contributed by atoms with Crippen LogP contribution in [0.1, 0.15) is 11.1 Å². The third-order valence-electron chi connectivity index (χ3n) is 2.47. The Morgan fingerprint density at radius 2 is 1.89 bits per heavy atom. The van der Waals surface area contributed by atoms with Crippen molar-refractivity contribution in [3.05, 3.63) is 58.1 Å². The van der Waals surface area contributed by atoms with E-state index < -0.39 is 0 Å². The Balaban J connectivity index is 2.07. The average Bonchev–Trinajstić information content (AvgIpc) is 2.41. The van der Waals surface area contributed by atoms with Crippen LogP contribution in [0.4, 0.5) is 5.69 Å². The van der Waals surface area contributed by atoms with E-state index in [1.807, 2.05) is 24.3 Å². The lowest BCUT2D eigenvalue weighted by atomic mass is 10.2. The van der Waals surface area contributed by atoms with Crippen molar-refractivity contribution < 1.29 is 4.74 Å². The minimum absolute atomic E-state index is 0.438. The summed E-state index contributed by atoms with van der Waals surface area (Å²) in [5.41, 5.74) is 8.06. The minimum Gasteiger partial charge on any atom is -0.488 e. The lowest BCUT2D eigenvalue weighted by Crippen LogP contribution is -1.97. The summed E-state index contributed by atoms with van der Waals surface area (Å²) >= 11 is 3.38. The number of halogens is 1. The molecule has 18 heavy (non-hydrogen) atoms. The van der Waals surface area contributed by atoms with Gasteiger partial charge in [0.2, 0.25) is 0 Å². The fraction of sp³-hybridized carbons (Fsp3) is 0.0714. The first-order valence-electron chi connectivity index (χ1n) is 5.36. The van der Waals surface area contributed by atoms with E-state index in [9.17, 15) is 0 Å². The molecule has 0 spiro atoms. The number of nitriles is 1. The first-order valence-corrected chi connectivity index (χ1v) is 6.16. The monoisotopic (exact) mass is 302 g/mol. The summed E-state index contributed by atoms with van der Waals surface area (Å²) in [5.74, 6) is 0.708. The highest BCUT2D eigenvalue weighted by Gasteiger charge is 2.04. The third-order valence-corrected chi connectivity index (χ3v) is 3.32. The number of nitrogens with two attached hydrogens (primary N) is 1. The normalized spacial score (nSPS) is 9.78. The van der Waals surface area contributed by atoms with E-state index in [0.717, 1.165) is 10.0 Å². The molecule has 90 valence electrons. The molecule has 0 saturated carbocycles. The van der Waals surface area contributed by atoms with Crippen LogP contribution in [0.2, 0.25) is 0 Å². The van der Waals surface area contributed by atoms with Crippen molar-refractivity contribution in [1.29, 1.82) is 5.26 Å². The van der Waals surface area contributed by atoms with Crippen LogP contribution in [0.15, 0.2) is 46.9 Å². The van der Waals surface area contributed by atoms with Gasteiger partial charge in [0.1, 0.15) is 12.4 Å². The van der Waals surface area contributed by atoms with E-state index in [1.54, 1.807) is 18.2 Å². The SMILES string of the molecule is N#Cc1ccc(COc2cccc(N)c2Br)cc1. The van der Waals surface area contributed by atoms with Crippen molar-refractivity contribution in [1.82, 2.24) is 0 Å². The second-order valence-electron chi connectivity index (χ2n) is 3.76. The largest absolute Gasteiger partial charge is 0.488 e. The average molecular weight is 303 g/mol. The maximum atomic E-state index is 8.70. The molecule has 4 heteroatoms. The summed E-state index contributed by atoms with van der Waals surface area (Å²) in [6.07, 6.45) is 0. The zero-order valence-electron chi connectivity index (χ0n) is 9.56. The lowest BCUT2D eigenvalue weighted by molar-refractivity contribution is 0.304. The van der Waals surface area contributed by atoms with Crippen molar-refractivity contribution in [2.75, 3.05) is 5.73 Å². The summed E-state index contributed by atoms with van der Waals surface area (Å²) in [6, 6.07) is 14.9. The zero-order chi connectivity index (χ0) is 13.0. The molecule has 0 unspecified atom stereocenters. The molecule has 2 rings (SSSR count). The number of nitrogen functional groups attached to an aromatic ring is 1. The molecular formula is C14H11BrN2O. The van der Waals surface area contributed by atoms with E-state index in [2.05, 4.69) is 22.0 Å². The molecule has 0 aliphatic carbocycles. The van der Waals surface area contributed by atoms with Gasteiger partial charge < -0.3 is 10.5 Å². The predicted octanol–water partition coefficient (Wildman–Crippen LogP) is 3.48. The first-order chi connectivity index (χ1) is 8.70. The van der Waals surface area contributed by atoms with Crippen molar-refractivity contribution in [2.45, 2.75) is 6.61 Å². The second kappa shape index (κ2) is 5.56. The summed E-state index contributed by atoms with van der Waals surface area (Å²) in [5, 5.41) is 8.70. The van der Waals surface area contributed by atoms with Gasteiger partial charge in [-0.15, -0.1) is 0 Å². The molecule has 0 amide bonds. The number of benzene rings is 2. The predicted molar refractivity (Wildman–Crippen MR) is 74.0 cm³/mol. The zero-order valence-corrected chi connectivity index (χ0v) is 11.1. The van der Waals surface area contributed by atoms with Gasteiger partial charge in [0, 0.05) is 5.69 Å². The molecule has 0 aromatic heterocycles. The smallest absolute Gasteiger partial charge is 0.136 e. The van der Waals surface area contributed by atoms with E-state index in [1.165, 1.54) is 0 Å². The fourth-order valence-electron chi connectivity index (χ4n) is 1.48. The lowest BCUT2D eigenvalue weighted by Gasteiger charge is -2.09. The molecule has 0 aliphatic rings. The van der Waals surface area contributed by atoms with Gasteiger partial charge >= 0.3 is 0 Å². The van der Waals surface area contributed by atoms with Crippen LogP contribution in [0, 0.1) is 11.3 Å². The highest BCUT2D eigenvalue weighted by atomic mass is 79.9. The standard InChI is InChI=1S/C14H11BrN2O/c15-14-12(17)2-1-3-13(14)18-9-11-6-4-10(8-16)5-7-11/h1-7H,9,17H2. The molecular weight excluding hydrogens is 292 g/mol. The molecule has 2 aromatic carbocycles. The molecule has 0 saturated heterocycles. The van der Waals surface area contributed by atoms with Gasteiger partial charge in [-0.05, 0) is 45.8 Å². The van der Waals surface area contributed by atoms with Gasteiger partial charge in [-0.1, -0.05) is 18.2 Å². The number of ether oxygens (including phenoxy) is 1. The third kappa shape index (κ3) is 2.82. The number of hydrogen-bond acceptors (Lipinski definition) is 3. The van der Waals surface area contributed by atoms with E-state index in [-0.39, 0.29) is 0 Å². The molecule has 0 atom stereocenters. The number of nitrogens with zero attached hydrogens (tertiary/aromatic N) is 1. The Hall–Kier alpha value is -1.99. The topological polar surface area (TPSA) is 59.0 Å². The molecule has 0 radical (unpaired) electrons. The van der Waals surface area contributed by atoms with Crippen molar-refractivity contribution in [3.8, 4) is 11.8 Å². The van der Waals surface area contributed by atoms with Crippen LogP contribution >= 0.6 is 15.9 Å². The molecule has 0 fully saturated rings. The summed E-state index contributed by atoms with van der Waals surface area (Å²) < 4.78 is 6.43. The number of rotatable bonds is 3. The second-order valence-corrected chi connectivity index (χ2v) is 4.55. The Kier molecular flexibility index (Phi) is 3.85. The summed E-state index contributed by atoms with van der Waals surface area (Å²) in [4.78, 5) is 0. The molecule has 3 nitrogen and oxygen atoms in total. The molecule has 0 heterocycles. The van der Waals surface area contributed by atoms with Crippen LogP contribution in [-0.2, 0) is 6.61 Å². The Bertz CT molecular complexity index is 588. The maximum Gasteiger partial charge on any atom is 0.136 e. The van der Waals surface area contributed by atoms with Gasteiger partial charge in [-0.3, -0.25) is 0 Å². The minimum atomic E-state index is 0.438. The quantitative estimate of drug-likeness (QED) is 0.883. The summed E-state index contributed by atoms with van der Waals surface area (Å²) in [6.45, 7) is 0.438. The Morgan fingerprint density at radius 3 is 2.56 bits per heavy atom. The van der Waals surface area contributed by atoms with Crippen molar-refractivity contribution in [2.24, 2.45) is 0 Å². The van der Waals surface area contributed by atoms with Gasteiger partial charge in [0.15, 0.2) is 0 Å². The highest BCUT2D eigenvalue weighted by Crippen LogP contribution is 2.30. The van der Waals surface area contributed by atoms with Gasteiger partial charge in [-0.25, -0.2) is 0 Å². The molecule has 0 aliphatic heterocycles. The Morgan fingerprint density at radius 1 is 1.17 bits per heavy atom. The number of hydrogen-bond donors (Lipinski definition) is 1. The summed E-state index contributed by atoms with van der Waals surface area (Å²) in [7, 11) is 0. The number of anilines is 1. The van der Waals surface area contributed by atoms with E-state index >= 15 is 0 Å². The first kappa shape index (κ1) is 12.5. The van der Waals surface area contributed by atoms with Crippen LogP contribution in [0.25, 0.3) is 0 Å². The van der Waals surface area contributed by atoms with Gasteiger partial charge in [-0.2, -0.15) is 5.26 Å². The Labute approximate surface area is 114 Å². The van der Waals surface area contributed by atoms with Crippen molar-refractivity contribution >= 4 is 21.6 Å². The van der Waals surface area contributed by atoms with Crippen molar-refractivity contribution in [3.63, 3.8) is 0 Å². The van der Waals surface area contributed by atoms with Crippen LogP contribution < -0.4 is 10.5 Å². The molecule has 2 aromatic rings. The molecule has 2 N–H and O–H groups in total. The molecule has 0 bridgehead atoms. The fourth-order valence-corrected chi connectivity index (χ4v) is 1.85.